The molecule has 1 aliphatic heterocycles. The normalized spacial score (nSPS) is 19.7. The Labute approximate surface area is 136 Å². The minimum Gasteiger partial charge on any atom is -0.351 e. The summed E-state index contributed by atoms with van der Waals surface area (Å²) in [5.74, 6) is 0.537. The molecule has 1 aromatic heterocycles. The van der Waals surface area contributed by atoms with Gasteiger partial charge in [0.25, 0.3) is 5.91 Å². The van der Waals surface area contributed by atoms with E-state index in [2.05, 4.69) is 15.3 Å². The molecule has 1 aliphatic rings. The number of amides is 1. The van der Waals surface area contributed by atoms with Crippen molar-refractivity contribution in [2.75, 3.05) is 50.6 Å². The van der Waals surface area contributed by atoms with Gasteiger partial charge in [0.1, 0.15) is 0 Å². The van der Waals surface area contributed by atoms with E-state index in [1.807, 2.05) is 19.0 Å². The molecule has 1 unspecified atom stereocenters. The van der Waals surface area contributed by atoms with Gasteiger partial charge in [-0.25, -0.2) is 18.4 Å². The molecule has 0 radical (unpaired) electrons. The molecule has 2 rings (SSSR count). The van der Waals surface area contributed by atoms with Gasteiger partial charge < -0.3 is 15.1 Å². The summed E-state index contributed by atoms with van der Waals surface area (Å²) in [4.78, 5) is 24.1. The van der Waals surface area contributed by atoms with Gasteiger partial charge in [-0.3, -0.25) is 4.79 Å². The Kier molecular flexibility index (Phi) is 5.53. The van der Waals surface area contributed by atoms with E-state index in [0.717, 1.165) is 6.54 Å². The quantitative estimate of drug-likeness (QED) is 0.737. The number of hydrogen-bond donors (Lipinski definition) is 1. The van der Waals surface area contributed by atoms with E-state index >= 15 is 0 Å². The van der Waals surface area contributed by atoms with Crippen LogP contribution in [-0.2, 0) is 9.84 Å². The zero-order valence-corrected chi connectivity index (χ0v) is 14.5. The van der Waals surface area contributed by atoms with E-state index in [9.17, 15) is 13.2 Å². The van der Waals surface area contributed by atoms with Crippen molar-refractivity contribution in [3.63, 3.8) is 0 Å². The molecule has 1 saturated heterocycles. The maximum Gasteiger partial charge on any atom is 0.254 e. The predicted octanol–water partition coefficient (Wildman–Crippen LogP) is -0.609. The van der Waals surface area contributed by atoms with E-state index in [4.69, 9.17) is 0 Å². The summed E-state index contributed by atoms with van der Waals surface area (Å²) in [5, 5.41) is 2.79. The molecule has 1 aromatic rings. The monoisotopic (exact) mass is 341 g/mol. The molecule has 128 valence electrons. The Balaban J connectivity index is 1.95. The van der Waals surface area contributed by atoms with Crippen molar-refractivity contribution in [1.29, 1.82) is 0 Å². The van der Waals surface area contributed by atoms with Crippen LogP contribution in [0.25, 0.3) is 0 Å². The Bertz CT molecular complexity index is 645. The molecule has 0 aromatic carbocycles. The molecule has 1 atom stereocenters. The largest absolute Gasteiger partial charge is 0.351 e. The number of sulfone groups is 1. The Morgan fingerprint density at radius 3 is 2.48 bits per heavy atom. The molecule has 23 heavy (non-hydrogen) atoms. The van der Waals surface area contributed by atoms with Gasteiger partial charge in [0, 0.05) is 38.6 Å². The average molecular weight is 341 g/mol. The van der Waals surface area contributed by atoms with Crippen LogP contribution in [-0.4, -0.2) is 81.0 Å². The van der Waals surface area contributed by atoms with Crippen molar-refractivity contribution in [2.45, 2.75) is 12.5 Å². The predicted molar refractivity (Wildman–Crippen MR) is 88.4 cm³/mol. The molecule has 1 N–H and O–H groups in total. The SMILES string of the molecule is CN(C)CCNC(=O)c1cnc(N(C)C2CCS(=O)(=O)C2)nc1. The molecular weight excluding hydrogens is 318 g/mol. The van der Waals surface area contributed by atoms with Crippen molar-refractivity contribution >= 4 is 21.7 Å². The number of aromatic nitrogens is 2. The van der Waals surface area contributed by atoms with Gasteiger partial charge in [0.15, 0.2) is 9.84 Å². The summed E-state index contributed by atoms with van der Waals surface area (Å²) >= 11 is 0. The van der Waals surface area contributed by atoms with Crippen LogP contribution in [0.3, 0.4) is 0 Å². The van der Waals surface area contributed by atoms with Crippen molar-refractivity contribution in [2.24, 2.45) is 0 Å². The van der Waals surface area contributed by atoms with E-state index in [1.165, 1.54) is 12.4 Å². The molecule has 1 fully saturated rings. The number of nitrogens with zero attached hydrogens (tertiary/aromatic N) is 4. The molecule has 0 saturated carbocycles. The molecule has 9 heteroatoms. The Morgan fingerprint density at radius 2 is 1.96 bits per heavy atom. The summed E-state index contributed by atoms with van der Waals surface area (Å²) in [7, 11) is 2.69. The zero-order valence-electron chi connectivity index (χ0n) is 13.7. The van der Waals surface area contributed by atoms with Gasteiger partial charge in [-0.2, -0.15) is 0 Å². The fraction of sp³-hybridized carbons (Fsp3) is 0.643. The maximum atomic E-state index is 11.9. The second kappa shape index (κ2) is 7.22. The van der Waals surface area contributed by atoms with Crippen LogP contribution >= 0.6 is 0 Å². The number of likely N-dealkylation sites (N-methyl/N-ethyl adjacent to an activating group) is 1. The second-order valence-corrected chi connectivity index (χ2v) is 8.23. The van der Waals surface area contributed by atoms with Crippen LogP contribution in [0, 0.1) is 0 Å². The van der Waals surface area contributed by atoms with Crippen LogP contribution in [0.5, 0.6) is 0 Å². The number of nitrogens with one attached hydrogen (secondary N) is 1. The standard InChI is InChI=1S/C14H23N5O3S/c1-18(2)6-5-15-13(20)11-8-16-14(17-9-11)19(3)12-4-7-23(21,22)10-12/h8-9,12H,4-7,10H2,1-3H3,(H,15,20). The highest BCUT2D eigenvalue weighted by molar-refractivity contribution is 7.91. The molecule has 1 amide bonds. The lowest BCUT2D eigenvalue weighted by Crippen LogP contribution is -2.34. The van der Waals surface area contributed by atoms with Crippen LogP contribution in [0.1, 0.15) is 16.8 Å². The van der Waals surface area contributed by atoms with Crippen LogP contribution < -0.4 is 10.2 Å². The third-order valence-electron chi connectivity index (χ3n) is 3.82. The minimum atomic E-state index is -2.95. The average Bonchev–Trinajstić information content (AvgIpc) is 2.86. The van der Waals surface area contributed by atoms with Crippen LogP contribution in [0.15, 0.2) is 12.4 Å². The molecule has 0 bridgehead atoms. The van der Waals surface area contributed by atoms with Gasteiger partial charge in [-0.15, -0.1) is 0 Å². The maximum absolute atomic E-state index is 11.9. The van der Waals surface area contributed by atoms with E-state index in [0.29, 0.717) is 24.5 Å². The summed E-state index contributed by atoms with van der Waals surface area (Å²) in [5.41, 5.74) is 0.389. The summed E-state index contributed by atoms with van der Waals surface area (Å²) in [6.45, 7) is 1.30. The highest BCUT2D eigenvalue weighted by Crippen LogP contribution is 2.19. The number of rotatable bonds is 6. The zero-order chi connectivity index (χ0) is 17.0. The van der Waals surface area contributed by atoms with E-state index < -0.39 is 9.84 Å². The topological polar surface area (TPSA) is 95.5 Å². The number of anilines is 1. The van der Waals surface area contributed by atoms with Crippen molar-refractivity contribution in [1.82, 2.24) is 20.2 Å². The molecular formula is C14H23N5O3S. The molecule has 2 heterocycles. The lowest BCUT2D eigenvalue weighted by atomic mass is 10.2. The van der Waals surface area contributed by atoms with Crippen molar-refractivity contribution in [3.8, 4) is 0 Å². The fourth-order valence-electron chi connectivity index (χ4n) is 2.36. The lowest BCUT2D eigenvalue weighted by molar-refractivity contribution is 0.0950. The van der Waals surface area contributed by atoms with Crippen molar-refractivity contribution in [3.05, 3.63) is 18.0 Å². The molecule has 8 nitrogen and oxygen atoms in total. The van der Waals surface area contributed by atoms with Gasteiger partial charge in [0.2, 0.25) is 5.95 Å². The Morgan fingerprint density at radius 1 is 1.30 bits per heavy atom. The summed E-state index contributed by atoms with van der Waals surface area (Å²) in [6.07, 6.45) is 3.51. The number of carbonyl (C=O) groups is 1. The van der Waals surface area contributed by atoms with Gasteiger partial charge >= 0.3 is 0 Å². The van der Waals surface area contributed by atoms with Crippen LogP contribution in [0.2, 0.25) is 0 Å². The number of hydrogen-bond acceptors (Lipinski definition) is 7. The highest BCUT2D eigenvalue weighted by Gasteiger charge is 2.31. The van der Waals surface area contributed by atoms with E-state index in [1.54, 1.807) is 11.9 Å². The summed E-state index contributed by atoms with van der Waals surface area (Å²) in [6, 6.07) is -0.111. The van der Waals surface area contributed by atoms with Gasteiger partial charge in [-0.1, -0.05) is 0 Å². The lowest BCUT2D eigenvalue weighted by Gasteiger charge is -2.23. The van der Waals surface area contributed by atoms with Gasteiger partial charge in [-0.05, 0) is 20.5 Å². The van der Waals surface area contributed by atoms with Crippen LogP contribution in [0.4, 0.5) is 5.95 Å². The fourth-order valence-corrected chi connectivity index (χ4v) is 4.13. The first kappa shape index (κ1) is 17.6. The molecule has 0 aliphatic carbocycles. The van der Waals surface area contributed by atoms with Crippen molar-refractivity contribution < 1.29 is 13.2 Å². The third kappa shape index (κ3) is 4.87. The van der Waals surface area contributed by atoms with Gasteiger partial charge in [0.05, 0.1) is 17.1 Å². The third-order valence-corrected chi connectivity index (χ3v) is 5.57. The second-order valence-electron chi connectivity index (χ2n) is 6.00. The first-order chi connectivity index (χ1) is 10.8. The van der Waals surface area contributed by atoms with E-state index in [-0.39, 0.29) is 23.5 Å². The minimum absolute atomic E-state index is 0.111. The molecule has 0 spiro atoms. The summed E-state index contributed by atoms with van der Waals surface area (Å²) < 4.78 is 23.1. The first-order valence-corrected chi connectivity index (χ1v) is 9.29. The Hall–Kier alpha value is -1.74. The first-order valence-electron chi connectivity index (χ1n) is 7.47. The highest BCUT2D eigenvalue weighted by atomic mass is 32.2. The number of carbonyl (C=O) groups excluding carboxylic acids is 1. The smallest absolute Gasteiger partial charge is 0.254 e.